The van der Waals surface area contributed by atoms with Gasteiger partial charge in [0.25, 0.3) is 5.91 Å². The number of nitrogens with zero attached hydrogens (tertiary/aromatic N) is 2. The maximum Gasteiger partial charge on any atom is 0.311 e. The molecule has 0 spiro atoms. The summed E-state index contributed by atoms with van der Waals surface area (Å²) in [6.45, 7) is 1.89. The fraction of sp³-hybridized carbons (Fsp3) is 0.125. The van der Waals surface area contributed by atoms with Gasteiger partial charge in [-0.2, -0.15) is 5.10 Å². The summed E-state index contributed by atoms with van der Waals surface area (Å²) in [6, 6.07) is 11.5. The monoisotopic (exact) mass is 313 g/mol. The van der Waals surface area contributed by atoms with Crippen molar-refractivity contribution in [3.8, 4) is 5.75 Å². The van der Waals surface area contributed by atoms with E-state index in [0.717, 1.165) is 5.56 Å². The van der Waals surface area contributed by atoms with Crippen molar-refractivity contribution in [2.75, 3.05) is 7.11 Å². The van der Waals surface area contributed by atoms with Crippen molar-refractivity contribution >= 4 is 17.8 Å². The number of aryl methyl sites for hydroxylation is 1. The minimum atomic E-state index is -0.540. The smallest absolute Gasteiger partial charge is 0.311 e. The molecule has 1 amide bonds. The quantitative estimate of drug-likeness (QED) is 0.521. The molecule has 0 bridgehead atoms. The summed E-state index contributed by atoms with van der Waals surface area (Å²) in [4.78, 5) is 22.3. The van der Waals surface area contributed by atoms with Crippen molar-refractivity contribution in [3.63, 3.8) is 0 Å². The van der Waals surface area contributed by atoms with Gasteiger partial charge in [0.2, 0.25) is 0 Å². The molecule has 0 unspecified atom stereocenters. The summed E-state index contributed by atoms with van der Waals surface area (Å²) in [6.07, 6.45) is 1.33. The fourth-order valence-electron chi connectivity index (χ4n) is 1.95. The number of hydrogen-bond donors (Lipinski definition) is 1. The molecule has 0 aliphatic rings. The van der Waals surface area contributed by atoms with Crippen LogP contribution in [0.4, 0.5) is 5.69 Å². The molecule has 2 aromatic carbocycles. The SMILES string of the molecule is COc1ccc(/C=N\NC(=O)c2cccc(C)c2)cc1[N+](=O)[O-]. The molecule has 0 fully saturated rings. The Kier molecular flexibility index (Phi) is 5.03. The lowest BCUT2D eigenvalue weighted by atomic mass is 10.1. The Morgan fingerprint density at radius 3 is 2.74 bits per heavy atom. The van der Waals surface area contributed by atoms with Gasteiger partial charge in [-0.1, -0.05) is 17.7 Å². The average molecular weight is 313 g/mol. The van der Waals surface area contributed by atoms with E-state index in [1.807, 2.05) is 13.0 Å². The summed E-state index contributed by atoms with van der Waals surface area (Å²) in [5.41, 5.74) is 4.14. The second kappa shape index (κ2) is 7.17. The molecule has 0 saturated heterocycles. The predicted octanol–water partition coefficient (Wildman–Crippen LogP) is 2.68. The highest BCUT2D eigenvalue weighted by Gasteiger charge is 2.14. The third-order valence-electron chi connectivity index (χ3n) is 3.06. The number of hydrogen-bond acceptors (Lipinski definition) is 5. The second-order valence-electron chi connectivity index (χ2n) is 4.76. The number of nitro groups is 1. The Bertz CT molecular complexity index is 772. The molecule has 23 heavy (non-hydrogen) atoms. The number of benzene rings is 2. The summed E-state index contributed by atoms with van der Waals surface area (Å²) >= 11 is 0. The molecule has 7 nitrogen and oxygen atoms in total. The Morgan fingerprint density at radius 1 is 1.30 bits per heavy atom. The molecule has 2 rings (SSSR count). The highest BCUT2D eigenvalue weighted by Crippen LogP contribution is 2.26. The molecule has 2 aromatic rings. The van der Waals surface area contributed by atoms with E-state index < -0.39 is 4.92 Å². The number of amides is 1. The van der Waals surface area contributed by atoms with Gasteiger partial charge in [0, 0.05) is 17.2 Å². The van der Waals surface area contributed by atoms with E-state index >= 15 is 0 Å². The fourth-order valence-corrected chi connectivity index (χ4v) is 1.95. The van der Waals surface area contributed by atoms with Gasteiger partial charge in [-0.15, -0.1) is 0 Å². The molecule has 0 saturated carbocycles. The second-order valence-corrected chi connectivity index (χ2v) is 4.76. The zero-order valence-corrected chi connectivity index (χ0v) is 12.6. The van der Waals surface area contributed by atoms with Gasteiger partial charge in [-0.05, 0) is 31.2 Å². The van der Waals surface area contributed by atoms with E-state index in [1.165, 1.54) is 25.5 Å². The molecular formula is C16H15N3O4. The van der Waals surface area contributed by atoms with E-state index in [0.29, 0.717) is 11.1 Å². The van der Waals surface area contributed by atoms with Crippen LogP contribution in [0.3, 0.4) is 0 Å². The van der Waals surface area contributed by atoms with Gasteiger partial charge in [0.05, 0.1) is 18.2 Å². The maximum absolute atomic E-state index is 11.9. The van der Waals surface area contributed by atoms with Gasteiger partial charge >= 0.3 is 5.69 Å². The number of rotatable bonds is 5. The molecule has 0 radical (unpaired) electrons. The number of carbonyl (C=O) groups is 1. The lowest BCUT2D eigenvalue weighted by molar-refractivity contribution is -0.385. The van der Waals surface area contributed by atoms with E-state index in [9.17, 15) is 14.9 Å². The zero-order valence-electron chi connectivity index (χ0n) is 12.6. The lowest BCUT2D eigenvalue weighted by Crippen LogP contribution is -2.17. The Labute approximate surface area is 132 Å². The van der Waals surface area contributed by atoms with Crippen LogP contribution in [0.1, 0.15) is 21.5 Å². The summed E-state index contributed by atoms with van der Waals surface area (Å²) in [7, 11) is 1.36. The van der Waals surface area contributed by atoms with E-state index in [2.05, 4.69) is 10.5 Å². The first-order valence-electron chi connectivity index (χ1n) is 6.74. The van der Waals surface area contributed by atoms with Crippen LogP contribution in [0, 0.1) is 17.0 Å². The van der Waals surface area contributed by atoms with E-state index in [-0.39, 0.29) is 17.3 Å². The van der Waals surface area contributed by atoms with Crippen LogP contribution in [-0.2, 0) is 0 Å². The highest BCUT2D eigenvalue weighted by atomic mass is 16.6. The molecule has 118 valence electrons. The average Bonchev–Trinajstić information content (AvgIpc) is 2.54. The first-order chi connectivity index (χ1) is 11.0. The van der Waals surface area contributed by atoms with Gasteiger partial charge in [-0.25, -0.2) is 5.43 Å². The first-order valence-corrected chi connectivity index (χ1v) is 6.74. The van der Waals surface area contributed by atoms with Crippen molar-refractivity contribution in [2.24, 2.45) is 5.10 Å². The number of hydrazone groups is 1. The first kappa shape index (κ1) is 16.2. The van der Waals surface area contributed by atoms with Gasteiger partial charge in [0.15, 0.2) is 5.75 Å². The minimum absolute atomic E-state index is 0.163. The number of nitrogens with one attached hydrogen (secondary N) is 1. The molecule has 7 heteroatoms. The van der Waals surface area contributed by atoms with Crippen LogP contribution in [0.15, 0.2) is 47.6 Å². The summed E-state index contributed by atoms with van der Waals surface area (Å²) < 4.78 is 4.92. The minimum Gasteiger partial charge on any atom is -0.490 e. The lowest BCUT2D eigenvalue weighted by Gasteiger charge is -2.02. The van der Waals surface area contributed by atoms with Crippen molar-refractivity contribution in [1.82, 2.24) is 5.43 Å². The molecule has 0 heterocycles. The number of ether oxygens (including phenoxy) is 1. The molecular weight excluding hydrogens is 298 g/mol. The number of methoxy groups -OCH3 is 1. The topological polar surface area (TPSA) is 93.8 Å². The van der Waals surface area contributed by atoms with Crippen molar-refractivity contribution < 1.29 is 14.5 Å². The number of carbonyl (C=O) groups excluding carboxylic acids is 1. The van der Waals surface area contributed by atoms with Crippen LogP contribution < -0.4 is 10.2 Å². The third kappa shape index (κ3) is 4.13. The van der Waals surface area contributed by atoms with Gasteiger partial charge < -0.3 is 4.74 Å². The van der Waals surface area contributed by atoms with Crippen LogP contribution in [-0.4, -0.2) is 24.2 Å². The Hall–Kier alpha value is -3.22. The third-order valence-corrected chi connectivity index (χ3v) is 3.06. The highest BCUT2D eigenvalue weighted by molar-refractivity contribution is 5.95. The van der Waals surface area contributed by atoms with Crippen molar-refractivity contribution in [1.29, 1.82) is 0 Å². The zero-order chi connectivity index (χ0) is 16.8. The van der Waals surface area contributed by atoms with E-state index in [4.69, 9.17) is 4.74 Å². The molecule has 0 atom stereocenters. The summed E-state index contributed by atoms with van der Waals surface area (Å²) in [5, 5.41) is 14.8. The molecule has 1 N–H and O–H groups in total. The molecule has 0 aliphatic heterocycles. The molecule has 0 aliphatic carbocycles. The maximum atomic E-state index is 11.9. The van der Waals surface area contributed by atoms with Gasteiger partial charge in [0.1, 0.15) is 0 Å². The van der Waals surface area contributed by atoms with Crippen LogP contribution in [0.25, 0.3) is 0 Å². The summed E-state index contributed by atoms with van der Waals surface area (Å²) in [5.74, 6) is -0.191. The number of nitro benzene ring substituents is 1. The van der Waals surface area contributed by atoms with Crippen LogP contribution in [0.2, 0.25) is 0 Å². The van der Waals surface area contributed by atoms with Crippen LogP contribution in [0.5, 0.6) is 5.75 Å². The molecule has 0 aromatic heterocycles. The Morgan fingerprint density at radius 2 is 2.09 bits per heavy atom. The van der Waals surface area contributed by atoms with Crippen LogP contribution >= 0.6 is 0 Å². The van der Waals surface area contributed by atoms with E-state index in [1.54, 1.807) is 24.3 Å². The predicted molar refractivity (Wildman–Crippen MR) is 85.9 cm³/mol. The van der Waals surface area contributed by atoms with Crippen molar-refractivity contribution in [3.05, 3.63) is 69.3 Å². The largest absolute Gasteiger partial charge is 0.490 e. The normalized spacial score (nSPS) is 10.5. The van der Waals surface area contributed by atoms with Crippen molar-refractivity contribution in [2.45, 2.75) is 6.92 Å². The van der Waals surface area contributed by atoms with Gasteiger partial charge in [-0.3, -0.25) is 14.9 Å². The standard InChI is InChI=1S/C16H15N3O4/c1-11-4-3-5-13(8-11)16(20)18-17-10-12-6-7-15(23-2)14(9-12)19(21)22/h3-10H,1-2H3,(H,18,20)/b17-10-. The Balaban J connectivity index is 2.10.